The number of hydrogen-bond donors (Lipinski definition) is 2. The Morgan fingerprint density at radius 3 is 3.00 bits per heavy atom. The number of aliphatic carboxylic acids is 1. The first kappa shape index (κ1) is 15.6. The van der Waals surface area contributed by atoms with Gasteiger partial charge in [-0.05, 0) is 12.5 Å². The van der Waals surface area contributed by atoms with Crippen molar-refractivity contribution in [3.8, 4) is 11.5 Å². The number of carboxylic acid groups (broad SMARTS) is 1. The minimum atomic E-state index is -0.861. The van der Waals surface area contributed by atoms with E-state index >= 15 is 0 Å². The number of benzene rings is 1. The molecule has 1 heterocycles. The van der Waals surface area contributed by atoms with Crippen molar-refractivity contribution < 1.29 is 24.1 Å². The molecule has 6 nitrogen and oxygen atoms in total. The monoisotopic (exact) mass is 295 g/mol. The Balaban J connectivity index is 2.19. The molecular weight excluding hydrogens is 274 g/mol. The first-order valence-corrected chi connectivity index (χ1v) is 7.00. The first-order chi connectivity index (χ1) is 10.1. The lowest BCUT2D eigenvalue weighted by molar-refractivity contribution is -0.137. The highest BCUT2D eigenvalue weighted by atomic mass is 16.6. The van der Waals surface area contributed by atoms with Crippen LogP contribution in [0, 0.1) is 0 Å². The largest absolute Gasteiger partial charge is 0.493 e. The third-order valence-electron chi connectivity index (χ3n) is 3.47. The number of para-hydroxylation sites is 1. The molecule has 116 valence electrons. The van der Waals surface area contributed by atoms with Gasteiger partial charge in [0.15, 0.2) is 11.5 Å². The van der Waals surface area contributed by atoms with Crippen molar-refractivity contribution in [3.05, 3.63) is 23.8 Å². The van der Waals surface area contributed by atoms with Crippen LogP contribution >= 0.6 is 0 Å². The summed E-state index contributed by atoms with van der Waals surface area (Å²) >= 11 is 0. The molecule has 2 rings (SSSR count). The maximum absolute atomic E-state index is 10.7. The highest BCUT2D eigenvalue weighted by Crippen LogP contribution is 2.36. The molecule has 0 saturated carbocycles. The van der Waals surface area contributed by atoms with Crippen molar-refractivity contribution in [2.75, 3.05) is 20.3 Å². The summed E-state index contributed by atoms with van der Waals surface area (Å²) < 4.78 is 16.6. The van der Waals surface area contributed by atoms with Gasteiger partial charge < -0.3 is 25.1 Å². The molecule has 1 aromatic rings. The maximum Gasteiger partial charge on any atom is 0.303 e. The minimum absolute atomic E-state index is 0.0182. The van der Waals surface area contributed by atoms with Gasteiger partial charge in [-0.1, -0.05) is 12.1 Å². The lowest BCUT2D eigenvalue weighted by Gasteiger charge is -2.21. The first-order valence-electron chi connectivity index (χ1n) is 7.00. The molecule has 0 radical (unpaired) electrons. The van der Waals surface area contributed by atoms with Gasteiger partial charge in [0.2, 0.25) is 0 Å². The molecule has 21 heavy (non-hydrogen) atoms. The van der Waals surface area contributed by atoms with E-state index in [2.05, 4.69) is 0 Å². The molecule has 6 heteroatoms. The van der Waals surface area contributed by atoms with E-state index in [9.17, 15) is 4.79 Å². The Bertz CT molecular complexity index is 485. The molecule has 2 unspecified atom stereocenters. The normalized spacial score (nSPS) is 19.2. The second-order valence-corrected chi connectivity index (χ2v) is 5.02. The SMILES string of the molecule is COc1cccc(C(N)CCC(=O)O)c1OC1CCOC1. The highest BCUT2D eigenvalue weighted by Gasteiger charge is 2.23. The number of ether oxygens (including phenoxy) is 3. The highest BCUT2D eigenvalue weighted by molar-refractivity contribution is 5.66. The number of hydrogen-bond acceptors (Lipinski definition) is 5. The van der Waals surface area contributed by atoms with E-state index in [0.29, 0.717) is 31.1 Å². The van der Waals surface area contributed by atoms with E-state index in [1.54, 1.807) is 13.2 Å². The molecule has 1 aliphatic rings. The van der Waals surface area contributed by atoms with Gasteiger partial charge in [-0.25, -0.2) is 0 Å². The topological polar surface area (TPSA) is 91.0 Å². The summed E-state index contributed by atoms with van der Waals surface area (Å²) in [5.74, 6) is 0.332. The molecule has 0 aromatic heterocycles. The van der Waals surface area contributed by atoms with Crippen LogP contribution in [0.4, 0.5) is 0 Å². The van der Waals surface area contributed by atoms with E-state index in [0.717, 1.165) is 12.0 Å². The predicted octanol–water partition coefficient (Wildman–Crippen LogP) is 1.73. The predicted molar refractivity (Wildman–Crippen MR) is 76.6 cm³/mol. The van der Waals surface area contributed by atoms with E-state index in [4.69, 9.17) is 25.1 Å². The zero-order valence-corrected chi connectivity index (χ0v) is 12.1. The number of carbonyl (C=O) groups is 1. The van der Waals surface area contributed by atoms with Gasteiger partial charge in [-0.3, -0.25) is 4.79 Å². The number of nitrogens with two attached hydrogens (primary N) is 1. The van der Waals surface area contributed by atoms with E-state index < -0.39 is 12.0 Å². The van der Waals surface area contributed by atoms with Crippen molar-refractivity contribution in [1.29, 1.82) is 0 Å². The number of carboxylic acids is 1. The summed E-state index contributed by atoms with van der Waals surface area (Å²) in [4.78, 5) is 10.7. The van der Waals surface area contributed by atoms with Crippen LogP contribution < -0.4 is 15.2 Å². The third-order valence-corrected chi connectivity index (χ3v) is 3.47. The summed E-state index contributed by atoms with van der Waals surface area (Å²) in [6.45, 7) is 1.22. The van der Waals surface area contributed by atoms with Gasteiger partial charge in [-0.2, -0.15) is 0 Å². The number of rotatable bonds is 7. The van der Waals surface area contributed by atoms with E-state index in [-0.39, 0.29) is 12.5 Å². The van der Waals surface area contributed by atoms with Gasteiger partial charge in [0.05, 0.1) is 20.3 Å². The van der Waals surface area contributed by atoms with Crippen LogP contribution in [0.3, 0.4) is 0 Å². The molecule has 0 amide bonds. The Hall–Kier alpha value is -1.79. The van der Waals surface area contributed by atoms with Crippen molar-refractivity contribution in [2.24, 2.45) is 5.73 Å². The molecule has 1 aliphatic heterocycles. The zero-order valence-electron chi connectivity index (χ0n) is 12.1. The molecule has 1 saturated heterocycles. The summed E-state index contributed by atoms with van der Waals surface area (Å²) in [6.07, 6.45) is 1.17. The molecule has 1 aromatic carbocycles. The fraction of sp³-hybridized carbons (Fsp3) is 0.533. The van der Waals surface area contributed by atoms with Crippen molar-refractivity contribution in [1.82, 2.24) is 0 Å². The summed E-state index contributed by atoms with van der Waals surface area (Å²) in [7, 11) is 1.57. The molecule has 0 spiro atoms. The smallest absolute Gasteiger partial charge is 0.303 e. The van der Waals surface area contributed by atoms with Gasteiger partial charge in [-0.15, -0.1) is 0 Å². The maximum atomic E-state index is 10.7. The third kappa shape index (κ3) is 4.09. The molecule has 2 atom stereocenters. The Kier molecular flexibility index (Phi) is 5.41. The standard InChI is InChI=1S/C15H21NO5/c1-19-13-4-2-3-11(12(16)5-6-14(17)18)15(13)21-10-7-8-20-9-10/h2-4,10,12H,5-9,16H2,1H3,(H,17,18). The quantitative estimate of drug-likeness (QED) is 0.796. The molecule has 0 bridgehead atoms. The second-order valence-electron chi connectivity index (χ2n) is 5.02. The number of methoxy groups -OCH3 is 1. The van der Waals surface area contributed by atoms with Gasteiger partial charge in [0.1, 0.15) is 6.10 Å². The van der Waals surface area contributed by atoms with Crippen LogP contribution in [0.15, 0.2) is 18.2 Å². The van der Waals surface area contributed by atoms with Crippen molar-refractivity contribution in [2.45, 2.75) is 31.4 Å². The average Bonchev–Trinajstić information content (AvgIpc) is 2.98. The van der Waals surface area contributed by atoms with Crippen LogP contribution in [-0.4, -0.2) is 37.5 Å². The summed E-state index contributed by atoms with van der Waals surface area (Å²) in [6, 6.07) is 5.07. The fourth-order valence-electron chi connectivity index (χ4n) is 2.32. The average molecular weight is 295 g/mol. The lowest BCUT2D eigenvalue weighted by Crippen LogP contribution is -2.20. The van der Waals surface area contributed by atoms with Crippen LogP contribution in [0.25, 0.3) is 0 Å². The van der Waals surface area contributed by atoms with Crippen LogP contribution in [-0.2, 0) is 9.53 Å². The Morgan fingerprint density at radius 1 is 1.57 bits per heavy atom. The van der Waals surface area contributed by atoms with E-state index in [1.165, 1.54) is 0 Å². The van der Waals surface area contributed by atoms with Gasteiger partial charge in [0.25, 0.3) is 0 Å². The molecular formula is C15H21NO5. The Labute approximate surface area is 123 Å². The molecule has 1 fully saturated rings. The lowest BCUT2D eigenvalue weighted by atomic mass is 10.0. The summed E-state index contributed by atoms with van der Waals surface area (Å²) in [5, 5.41) is 8.78. The zero-order chi connectivity index (χ0) is 15.2. The van der Waals surface area contributed by atoms with Crippen molar-refractivity contribution in [3.63, 3.8) is 0 Å². The van der Waals surface area contributed by atoms with Crippen molar-refractivity contribution >= 4 is 5.97 Å². The van der Waals surface area contributed by atoms with Gasteiger partial charge >= 0.3 is 5.97 Å². The van der Waals surface area contributed by atoms with Gasteiger partial charge in [0, 0.05) is 24.4 Å². The second kappa shape index (κ2) is 7.28. The summed E-state index contributed by atoms with van der Waals surface area (Å²) in [5.41, 5.74) is 6.88. The fourth-order valence-corrected chi connectivity index (χ4v) is 2.32. The van der Waals surface area contributed by atoms with Crippen LogP contribution in [0.2, 0.25) is 0 Å². The molecule has 0 aliphatic carbocycles. The van der Waals surface area contributed by atoms with Crippen LogP contribution in [0.5, 0.6) is 11.5 Å². The van der Waals surface area contributed by atoms with Crippen LogP contribution in [0.1, 0.15) is 30.9 Å². The Morgan fingerprint density at radius 2 is 2.38 bits per heavy atom. The molecule has 3 N–H and O–H groups in total. The van der Waals surface area contributed by atoms with E-state index in [1.807, 2.05) is 12.1 Å². The minimum Gasteiger partial charge on any atom is -0.493 e.